The molecule has 0 heterocycles. The van der Waals surface area contributed by atoms with E-state index in [1.165, 1.54) is 19.1 Å². The minimum absolute atomic E-state index is 0.103. The summed E-state index contributed by atoms with van der Waals surface area (Å²) in [5.41, 5.74) is 2.42. The molecule has 0 bridgehead atoms. The fraction of sp³-hybridized carbons (Fsp3) is 0.0714. The molecule has 0 fully saturated rings. The lowest BCUT2D eigenvalue weighted by Gasteiger charge is -2.07. The molecule has 92 valence electrons. The van der Waals surface area contributed by atoms with Crippen LogP contribution in [0.5, 0.6) is 0 Å². The van der Waals surface area contributed by atoms with E-state index < -0.39 is 0 Å². The van der Waals surface area contributed by atoms with Gasteiger partial charge in [-0.25, -0.2) is 4.39 Å². The van der Waals surface area contributed by atoms with Crippen molar-refractivity contribution in [2.75, 3.05) is 10.6 Å². The molecule has 0 saturated heterocycles. The lowest BCUT2D eigenvalue weighted by molar-refractivity contribution is -0.114. The SMILES string of the molecule is CC(=O)Nc1ccc(Nc2ccc(F)cc2)cc1. The third-order valence-corrected chi connectivity index (χ3v) is 2.34. The molecule has 18 heavy (non-hydrogen) atoms. The standard InChI is InChI=1S/C14H13FN2O/c1-10(18)16-12-6-8-14(9-7-12)17-13-4-2-11(15)3-5-13/h2-9,17H,1H3,(H,16,18). The van der Waals surface area contributed by atoms with Crippen molar-refractivity contribution < 1.29 is 9.18 Å². The van der Waals surface area contributed by atoms with Crippen molar-refractivity contribution in [3.63, 3.8) is 0 Å². The maximum atomic E-state index is 12.7. The minimum Gasteiger partial charge on any atom is -0.356 e. The Kier molecular flexibility index (Phi) is 3.57. The van der Waals surface area contributed by atoms with E-state index in [4.69, 9.17) is 0 Å². The Bertz CT molecular complexity index is 535. The van der Waals surface area contributed by atoms with Gasteiger partial charge < -0.3 is 10.6 Å². The number of hydrogen-bond donors (Lipinski definition) is 2. The molecule has 0 saturated carbocycles. The third kappa shape index (κ3) is 3.31. The average molecular weight is 244 g/mol. The Morgan fingerprint density at radius 3 is 1.83 bits per heavy atom. The third-order valence-electron chi connectivity index (χ3n) is 2.34. The van der Waals surface area contributed by atoms with Crippen LogP contribution in [0.25, 0.3) is 0 Å². The lowest BCUT2D eigenvalue weighted by Crippen LogP contribution is -2.05. The van der Waals surface area contributed by atoms with E-state index in [1.807, 2.05) is 12.1 Å². The summed E-state index contributed by atoms with van der Waals surface area (Å²) in [6.45, 7) is 1.46. The molecule has 3 nitrogen and oxygen atoms in total. The second-order valence-corrected chi connectivity index (χ2v) is 3.89. The van der Waals surface area contributed by atoms with Crippen LogP contribution in [-0.2, 0) is 4.79 Å². The molecule has 0 spiro atoms. The zero-order valence-corrected chi connectivity index (χ0v) is 9.91. The second kappa shape index (κ2) is 5.31. The molecular formula is C14H13FN2O. The first kappa shape index (κ1) is 12.1. The summed E-state index contributed by atoms with van der Waals surface area (Å²) in [6, 6.07) is 13.4. The van der Waals surface area contributed by atoms with Crippen LogP contribution < -0.4 is 10.6 Å². The van der Waals surface area contributed by atoms with Crippen LogP contribution in [0.3, 0.4) is 0 Å². The van der Waals surface area contributed by atoms with E-state index >= 15 is 0 Å². The van der Waals surface area contributed by atoms with E-state index in [-0.39, 0.29) is 11.7 Å². The molecule has 1 amide bonds. The van der Waals surface area contributed by atoms with Gasteiger partial charge in [0.2, 0.25) is 5.91 Å². The van der Waals surface area contributed by atoms with Crippen LogP contribution in [0, 0.1) is 5.82 Å². The van der Waals surface area contributed by atoms with Gasteiger partial charge in [-0.3, -0.25) is 4.79 Å². The van der Waals surface area contributed by atoms with Crippen LogP contribution in [0.4, 0.5) is 21.5 Å². The van der Waals surface area contributed by atoms with Crippen molar-refractivity contribution in [2.45, 2.75) is 6.92 Å². The summed E-state index contributed by atoms with van der Waals surface area (Å²) in [4.78, 5) is 10.9. The second-order valence-electron chi connectivity index (χ2n) is 3.89. The summed E-state index contributed by atoms with van der Waals surface area (Å²) in [5, 5.41) is 5.82. The number of hydrogen-bond acceptors (Lipinski definition) is 2. The highest BCUT2D eigenvalue weighted by Gasteiger charge is 1.97. The number of carbonyl (C=O) groups is 1. The van der Waals surface area contributed by atoms with Gasteiger partial charge >= 0.3 is 0 Å². The Morgan fingerprint density at radius 2 is 1.33 bits per heavy atom. The van der Waals surface area contributed by atoms with Gasteiger partial charge in [0.15, 0.2) is 0 Å². The maximum absolute atomic E-state index is 12.7. The molecule has 4 heteroatoms. The number of benzene rings is 2. The van der Waals surface area contributed by atoms with Crippen molar-refractivity contribution in [1.29, 1.82) is 0 Å². The molecular weight excluding hydrogens is 231 g/mol. The molecule has 2 rings (SSSR count). The summed E-state index contributed by atoms with van der Waals surface area (Å²) in [5.74, 6) is -0.365. The number of nitrogens with one attached hydrogen (secondary N) is 2. The summed E-state index contributed by atoms with van der Waals surface area (Å²) in [7, 11) is 0. The van der Waals surface area contributed by atoms with Gasteiger partial charge in [0, 0.05) is 24.0 Å². The Morgan fingerprint density at radius 1 is 0.889 bits per heavy atom. The molecule has 0 atom stereocenters. The normalized spacial score (nSPS) is 9.89. The topological polar surface area (TPSA) is 41.1 Å². The van der Waals surface area contributed by atoms with E-state index in [1.54, 1.807) is 24.3 Å². The molecule has 2 N–H and O–H groups in total. The van der Waals surface area contributed by atoms with Crippen LogP contribution >= 0.6 is 0 Å². The molecule has 0 aliphatic rings. The first-order valence-corrected chi connectivity index (χ1v) is 5.54. The molecule has 0 aliphatic heterocycles. The highest BCUT2D eigenvalue weighted by molar-refractivity contribution is 5.88. The summed E-state index contributed by atoms with van der Waals surface area (Å²) < 4.78 is 12.7. The highest BCUT2D eigenvalue weighted by atomic mass is 19.1. The van der Waals surface area contributed by atoms with Crippen molar-refractivity contribution >= 4 is 23.0 Å². The lowest BCUT2D eigenvalue weighted by atomic mass is 10.2. The van der Waals surface area contributed by atoms with Gasteiger partial charge in [-0.05, 0) is 48.5 Å². The van der Waals surface area contributed by atoms with Gasteiger partial charge in [0.25, 0.3) is 0 Å². The summed E-state index contributed by atoms with van der Waals surface area (Å²) in [6.07, 6.45) is 0. The van der Waals surface area contributed by atoms with E-state index in [0.717, 1.165) is 17.1 Å². The molecule has 2 aromatic rings. The number of halogens is 1. The zero-order chi connectivity index (χ0) is 13.0. The van der Waals surface area contributed by atoms with Crippen LogP contribution in [0.2, 0.25) is 0 Å². The number of anilines is 3. The van der Waals surface area contributed by atoms with Crippen LogP contribution in [-0.4, -0.2) is 5.91 Å². The Balaban J connectivity index is 2.06. The molecule has 0 aliphatic carbocycles. The Hall–Kier alpha value is -2.36. The molecule has 0 aromatic heterocycles. The van der Waals surface area contributed by atoms with E-state index in [9.17, 15) is 9.18 Å². The number of rotatable bonds is 3. The van der Waals surface area contributed by atoms with Gasteiger partial charge in [-0.15, -0.1) is 0 Å². The quantitative estimate of drug-likeness (QED) is 0.867. The molecule has 2 aromatic carbocycles. The maximum Gasteiger partial charge on any atom is 0.221 e. The fourth-order valence-electron chi connectivity index (χ4n) is 1.54. The number of carbonyl (C=O) groups excluding carboxylic acids is 1. The van der Waals surface area contributed by atoms with Crippen LogP contribution in [0.1, 0.15) is 6.92 Å². The fourth-order valence-corrected chi connectivity index (χ4v) is 1.54. The predicted octanol–water partition coefficient (Wildman–Crippen LogP) is 3.53. The number of amides is 1. The molecule has 0 radical (unpaired) electrons. The average Bonchev–Trinajstić information content (AvgIpc) is 2.34. The van der Waals surface area contributed by atoms with Crippen molar-refractivity contribution in [3.05, 3.63) is 54.3 Å². The van der Waals surface area contributed by atoms with Crippen molar-refractivity contribution in [2.24, 2.45) is 0 Å². The zero-order valence-electron chi connectivity index (χ0n) is 9.91. The van der Waals surface area contributed by atoms with Gasteiger partial charge in [-0.2, -0.15) is 0 Å². The Labute approximate surface area is 105 Å². The molecule has 0 unspecified atom stereocenters. The first-order valence-electron chi connectivity index (χ1n) is 5.54. The minimum atomic E-state index is -0.262. The van der Waals surface area contributed by atoms with E-state index in [2.05, 4.69) is 10.6 Å². The largest absolute Gasteiger partial charge is 0.356 e. The van der Waals surface area contributed by atoms with Crippen molar-refractivity contribution in [1.82, 2.24) is 0 Å². The smallest absolute Gasteiger partial charge is 0.221 e. The van der Waals surface area contributed by atoms with Gasteiger partial charge in [0.1, 0.15) is 5.82 Å². The van der Waals surface area contributed by atoms with Gasteiger partial charge in [0.05, 0.1) is 0 Å². The van der Waals surface area contributed by atoms with Crippen molar-refractivity contribution in [3.8, 4) is 0 Å². The summed E-state index contributed by atoms with van der Waals surface area (Å²) >= 11 is 0. The van der Waals surface area contributed by atoms with E-state index in [0.29, 0.717) is 0 Å². The van der Waals surface area contributed by atoms with Gasteiger partial charge in [-0.1, -0.05) is 0 Å². The van der Waals surface area contributed by atoms with Crippen LogP contribution in [0.15, 0.2) is 48.5 Å². The monoisotopic (exact) mass is 244 g/mol. The predicted molar refractivity (Wildman–Crippen MR) is 70.4 cm³/mol. The highest BCUT2D eigenvalue weighted by Crippen LogP contribution is 2.19. The first-order chi connectivity index (χ1) is 8.63.